The highest BCUT2D eigenvalue weighted by Gasteiger charge is 2.27. The van der Waals surface area contributed by atoms with Gasteiger partial charge in [0.15, 0.2) is 5.65 Å². The first-order chi connectivity index (χ1) is 20.6. The largest absolute Gasteiger partial charge is 0.294 e. The maximum Gasteiger partial charge on any atom is 0.182 e. The molecule has 208 valence electrons. The Morgan fingerprint density at radius 2 is 1.40 bits per heavy atom. The Hall–Kier alpha value is -4.75. The van der Waals surface area contributed by atoms with Crippen LogP contribution in [-0.4, -0.2) is 37.2 Å². The van der Waals surface area contributed by atoms with Crippen molar-refractivity contribution in [2.75, 3.05) is 6.54 Å². The predicted octanol–water partition coefficient (Wildman–Crippen LogP) is 7.77. The van der Waals surface area contributed by atoms with Gasteiger partial charge in [0.2, 0.25) is 0 Å². The molecular weight excluding hydrogens is 528 g/mol. The molecule has 42 heavy (non-hydrogen) atoms. The molecule has 3 aromatic heterocycles. The molecule has 7 heteroatoms. The van der Waals surface area contributed by atoms with Gasteiger partial charge in [-0.15, -0.1) is 0 Å². The average molecular weight is 558 g/mol. The monoisotopic (exact) mass is 557 g/mol. The number of benzene rings is 3. The van der Waals surface area contributed by atoms with Crippen molar-refractivity contribution in [2.24, 2.45) is 0 Å². The number of likely N-dealkylation sites (tertiary alicyclic amines) is 1. The average Bonchev–Trinajstić information content (AvgIpc) is 3.64. The summed E-state index contributed by atoms with van der Waals surface area (Å²) in [5.41, 5.74) is 6.90. The fourth-order valence-corrected chi connectivity index (χ4v) is 6.06. The highest BCUT2D eigenvalue weighted by Crippen LogP contribution is 2.43. The molecule has 1 aliphatic rings. The summed E-state index contributed by atoms with van der Waals surface area (Å²) in [6.45, 7) is 2.70. The SMILES string of the molecule is Fc1ccc(-c2nc3nn(CC4CCCN4Cc4ccccc4)cc3c(-c3ccc(F)cc3)c2-c2ccncc2)cc1. The van der Waals surface area contributed by atoms with Crippen molar-refractivity contribution in [3.63, 3.8) is 0 Å². The van der Waals surface area contributed by atoms with Crippen LogP contribution in [0.3, 0.4) is 0 Å². The van der Waals surface area contributed by atoms with E-state index in [0.717, 1.165) is 65.7 Å². The maximum atomic E-state index is 14.1. The number of hydrogen-bond donors (Lipinski definition) is 0. The van der Waals surface area contributed by atoms with Crippen molar-refractivity contribution in [3.8, 4) is 33.5 Å². The molecule has 0 spiro atoms. The van der Waals surface area contributed by atoms with Gasteiger partial charge in [-0.3, -0.25) is 14.6 Å². The zero-order valence-corrected chi connectivity index (χ0v) is 23.0. The lowest BCUT2D eigenvalue weighted by Crippen LogP contribution is -2.32. The Balaban J connectivity index is 1.38. The van der Waals surface area contributed by atoms with Gasteiger partial charge in [0.25, 0.3) is 0 Å². The van der Waals surface area contributed by atoms with E-state index in [1.54, 1.807) is 36.7 Å². The van der Waals surface area contributed by atoms with E-state index in [9.17, 15) is 8.78 Å². The smallest absolute Gasteiger partial charge is 0.182 e. The number of fused-ring (bicyclic) bond motifs is 1. The lowest BCUT2D eigenvalue weighted by Gasteiger charge is -2.24. The number of hydrogen-bond acceptors (Lipinski definition) is 4. The molecule has 4 heterocycles. The first-order valence-electron chi connectivity index (χ1n) is 14.2. The van der Waals surface area contributed by atoms with Crippen LogP contribution >= 0.6 is 0 Å². The normalized spacial score (nSPS) is 15.4. The molecule has 0 radical (unpaired) electrons. The van der Waals surface area contributed by atoms with Gasteiger partial charge in [-0.05, 0) is 84.6 Å². The van der Waals surface area contributed by atoms with E-state index in [1.165, 1.54) is 29.8 Å². The maximum absolute atomic E-state index is 14.1. The van der Waals surface area contributed by atoms with Gasteiger partial charge in [0.05, 0.1) is 12.2 Å². The van der Waals surface area contributed by atoms with Gasteiger partial charge in [-0.25, -0.2) is 13.8 Å². The van der Waals surface area contributed by atoms with E-state index >= 15 is 0 Å². The van der Waals surface area contributed by atoms with E-state index in [2.05, 4.69) is 40.3 Å². The van der Waals surface area contributed by atoms with Crippen LogP contribution < -0.4 is 0 Å². The van der Waals surface area contributed by atoms with Crippen molar-refractivity contribution in [1.29, 1.82) is 0 Å². The Labute approximate surface area is 243 Å². The zero-order chi connectivity index (χ0) is 28.5. The van der Waals surface area contributed by atoms with E-state index in [1.807, 2.05) is 22.9 Å². The minimum absolute atomic E-state index is 0.302. The number of aromatic nitrogens is 4. The molecule has 7 rings (SSSR count). The standard InChI is InChI=1S/C35H29F2N5/c36-28-12-8-25(9-13-28)32-31-23-42(22-30-7-4-20-41(30)21-24-5-2-1-3-6-24)40-35(31)39-34(27-10-14-29(37)15-11-27)33(32)26-16-18-38-19-17-26/h1-3,5-6,8-19,23,30H,4,7,20-22H2. The third kappa shape index (κ3) is 5.19. The first kappa shape index (κ1) is 26.2. The van der Waals surface area contributed by atoms with Gasteiger partial charge in [-0.2, -0.15) is 5.10 Å². The summed E-state index contributed by atoms with van der Waals surface area (Å²) in [4.78, 5) is 11.8. The van der Waals surface area contributed by atoms with E-state index in [0.29, 0.717) is 17.4 Å². The second-order valence-corrected chi connectivity index (χ2v) is 10.8. The van der Waals surface area contributed by atoms with E-state index in [4.69, 9.17) is 10.1 Å². The topological polar surface area (TPSA) is 46.8 Å². The van der Waals surface area contributed by atoms with Gasteiger partial charge in [0, 0.05) is 53.3 Å². The molecule has 1 aliphatic heterocycles. The molecule has 6 aromatic rings. The minimum atomic E-state index is -0.315. The summed E-state index contributed by atoms with van der Waals surface area (Å²) in [6, 6.07) is 27.7. The number of halogens is 2. The molecule has 0 amide bonds. The van der Waals surface area contributed by atoms with E-state index in [-0.39, 0.29) is 11.6 Å². The second kappa shape index (κ2) is 11.3. The van der Waals surface area contributed by atoms with Crippen LogP contribution in [0, 0.1) is 11.6 Å². The van der Waals surface area contributed by atoms with Crippen LogP contribution in [0.5, 0.6) is 0 Å². The molecule has 1 atom stereocenters. The van der Waals surface area contributed by atoms with Crippen LogP contribution in [0.15, 0.2) is 110 Å². The molecule has 1 unspecified atom stereocenters. The van der Waals surface area contributed by atoms with Crippen LogP contribution in [0.25, 0.3) is 44.5 Å². The zero-order valence-electron chi connectivity index (χ0n) is 23.0. The number of rotatable bonds is 7. The van der Waals surface area contributed by atoms with Gasteiger partial charge >= 0.3 is 0 Å². The van der Waals surface area contributed by atoms with Crippen LogP contribution in [0.1, 0.15) is 18.4 Å². The summed E-state index contributed by atoms with van der Waals surface area (Å²) in [5.74, 6) is -0.617. The summed E-state index contributed by atoms with van der Waals surface area (Å²) in [6.07, 6.45) is 7.81. The van der Waals surface area contributed by atoms with Crippen LogP contribution in [0.2, 0.25) is 0 Å². The summed E-state index contributed by atoms with van der Waals surface area (Å²) < 4.78 is 30.0. The number of nitrogens with zero attached hydrogens (tertiary/aromatic N) is 5. The molecule has 0 saturated carbocycles. The molecule has 5 nitrogen and oxygen atoms in total. The summed E-state index contributed by atoms with van der Waals surface area (Å²) >= 11 is 0. The highest BCUT2D eigenvalue weighted by atomic mass is 19.1. The van der Waals surface area contributed by atoms with Crippen LogP contribution in [-0.2, 0) is 13.1 Å². The third-order valence-corrected chi connectivity index (χ3v) is 8.06. The lowest BCUT2D eigenvalue weighted by molar-refractivity contribution is 0.219. The van der Waals surface area contributed by atoms with Crippen molar-refractivity contribution in [2.45, 2.75) is 32.0 Å². The van der Waals surface area contributed by atoms with E-state index < -0.39 is 0 Å². The lowest BCUT2D eigenvalue weighted by atomic mass is 9.90. The Bertz CT molecular complexity index is 1820. The Morgan fingerprint density at radius 1 is 0.738 bits per heavy atom. The highest BCUT2D eigenvalue weighted by molar-refractivity contribution is 6.05. The third-order valence-electron chi connectivity index (χ3n) is 8.06. The molecular formula is C35H29F2N5. The van der Waals surface area contributed by atoms with Gasteiger partial charge in [0.1, 0.15) is 11.6 Å². The molecule has 0 bridgehead atoms. The fourth-order valence-electron chi connectivity index (χ4n) is 6.06. The van der Waals surface area contributed by atoms with Gasteiger partial charge in [-0.1, -0.05) is 42.5 Å². The Kier molecular flexibility index (Phi) is 7.01. The predicted molar refractivity (Wildman–Crippen MR) is 161 cm³/mol. The van der Waals surface area contributed by atoms with Crippen LogP contribution in [0.4, 0.5) is 8.78 Å². The fraction of sp³-hybridized carbons (Fsp3) is 0.171. The minimum Gasteiger partial charge on any atom is -0.294 e. The quantitative estimate of drug-likeness (QED) is 0.201. The molecule has 0 N–H and O–H groups in total. The summed E-state index contributed by atoms with van der Waals surface area (Å²) in [7, 11) is 0. The molecule has 0 aliphatic carbocycles. The molecule has 1 fully saturated rings. The molecule has 3 aromatic carbocycles. The van der Waals surface area contributed by atoms with Crippen molar-refractivity contribution < 1.29 is 8.78 Å². The first-order valence-corrected chi connectivity index (χ1v) is 14.2. The van der Waals surface area contributed by atoms with Crippen molar-refractivity contribution >= 4 is 11.0 Å². The van der Waals surface area contributed by atoms with Crippen molar-refractivity contribution in [1.82, 2.24) is 24.6 Å². The van der Waals surface area contributed by atoms with Crippen molar-refractivity contribution in [3.05, 3.63) is 127 Å². The number of pyridine rings is 2. The molecule has 1 saturated heterocycles. The van der Waals surface area contributed by atoms with Gasteiger partial charge < -0.3 is 0 Å². The summed E-state index contributed by atoms with van der Waals surface area (Å²) in [5, 5.41) is 5.86. The second-order valence-electron chi connectivity index (χ2n) is 10.8. The Morgan fingerprint density at radius 3 is 2.12 bits per heavy atom.